The van der Waals surface area contributed by atoms with Gasteiger partial charge in [-0.2, -0.15) is 0 Å². The summed E-state index contributed by atoms with van der Waals surface area (Å²) in [4.78, 5) is 35.2. The average molecular weight is 451 g/mol. The van der Waals surface area contributed by atoms with E-state index >= 15 is 0 Å². The first-order chi connectivity index (χ1) is 15.2. The van der Waals surface area contributed by atoms with Gasteiger partial charge in [-0.1, -0.05) is 58.4 Å². The third-order valence-electron chi connectivity index (χ3n) is 5.78. The maximum atomic E-state index is 12.0. The molecule has 0 radical (unpaired) electrons. The maximum Gasteiger partial charge on any atom is 0.314 e. The quantitative estimate of drug-likeness (QED) is 0.187. The molecule has 0 aliphatic heterocycles. The molecule has 184 valence electrons. The molecule has 0 saturated heterocycles. The van der Waals surface area contributed by atoms with Crippen molar-refractivity contribution in [1.82, 2.24) is 21.3 Å². The highest BCUT2D eigenvalue weighted by Gasteiger charge is 2.23. The lowest BCUT2D eigenvalue weighted by molar-refractivity contribution is -0.121. The molecule has 7 heteroatoms. The summed E-state index contributed by atoms with van der Waals surface area (Å²) in [5.41, 5.74) is 1.01. The van der Waals surface area contributed by atoms with Gasteiger partial charge in [-0.05, 0) is 43.9 Å². The Morgan fingerprint density at radius 3 is 2.12 bits per heavy atom. The highest BCUT2D eigenvalue weighted by molar-refractivity contribution is 5.76. The van der Waals surface area contributed by atoms with Crippen LogP contribution in [0.2, 0.25) is 0 Å². The Labute approximate surface area is 195 Å². The number of carbonyl (C=O) groups is 3. The SMILES string of the molecule is C=CC(=C)CCCCNC(=O)NCCNC(=O)CCCCC(C)C(NC(C)=O)C(C)CC. The van der Waals surface area contributed by atoms with E-state index in [0.717, 1.165) is 50.5 Å². The van der Waals surface area contributed by atoms with Gasteiger partial charge in [0.1, 0.15) is 0 Å². The molecule has 3 unspecified atom stereocenters. The molecule has 0 heterocycles. The minimum atomic E-state index is -0.217. The third kappa shape index (κ3) is 15.5. The van der Waals surface area contributed by atoms with E-state index in [1.165, 1.54) is 0 Å². The van der Waals surface area contributed by atoms with Crippen molar-refractivity contribution in [3.63, 3.8) is 0 Å². The van der Waals surface area contributed by atoms with E-state index in [4.69, 9.17) is 0 Å². The van der Waals surface area contributed by atoms with Gasteiger partial charge in [0, 0.05) is 39.0 Å². The topological polar surface area (TPSA) is 99.3 Å². The molecule has 0 saturated carbocycles. The normalized spacial score (nSPS) is 13.4. The van der Waals surface area contributed by atoms with Crippen LogP contribution < -0.4 is 21.3 Å². The van der Waals surface area contributed by atoms with Crippen LogP contribution in [0.1, 0.15) is 79.1 Å². The number of carbonyl (C=O) groups excluding carboxylic acids is 3. The van der Waals surface area contributed by atoms with Crippen molar-refractivity contribution < 1.29 is 14.4 Å². The first-order valence-electron chi connectivity index (χ1n) is 12.1. The highest BCUT2D eigenvalue weighted by Crippen LogP contribution is 2.21. The third-order valence-corrected chi connectivity index (χ3v) is 5.78. The summed E-state index contributed by atoms with van der Waals surface area (Å²) >= 11 is 0. The molecule has 0 aromatic rings. The molecule has 0 aromatic heterocycles. The molecule has 0 bridgehead atoms. The Kier molecular flexibility index (Phi) is 17.0. The highest BCUT2D eigenvalue weighted by atomic mass is 16.2. The molecule has 7 nitrogen and oxygen atoms in total. The molecule has 0 spiro atoms. The summed E-state index contributed by atoms with van der Waals surface area (Å²) in [6.07, 6.45) is 8.74. The second-order valence-corrected chi connectivity index (χ2v) is 8.69. The lowest BCUT2D eigenvalue weighted by Gasteiger charge is -2.29. The van der Waals surface area contributed by atoms with Gasteiger partial charge in [0.2, 0.25) is 11.8 Å². The van der Waals surface area contributed by atoms with Crippen molar-refractivity contribution in [3.8, 4) is 0 Å². The standard InChI is InChI=1S/C25H46N4O3/c1-7-19(3)13-11-12-16-27-25(32)28-18-17-26-23(31)15-10-9-14-21(5)24(20(4)8-2)29-22(6)30/h7,20-21,24H,1,3,8-18H2,2,4-6H3,(H,26,31)(H,29,30)(H2,27,28,32). The number of hydrogen-bond acceptors (Lipinski definition) is 3. The van der Waals surface area contributed by atoms with Gasteiger partial charge < -0.3 is 21.3 Å². The van der Waals surface area contributed by atoms with Crippen molar-refractivity contribution in [1.29, 1.82) is 0 Å². The van der Waals surface area contributed by atoms with Crippen LogP contribution in [0.3, 0.4) is 0 Å². The summed E-state index contributed by atoms with van der Waals surface area (Å²) in [5, 5.41) is 11.5. The van der Waals surface area contributed by atoms with Crippen molar-refractivity contribution in [2.75, 3.05) is 19.6 Å². The molecule has 0 aliphatic rings. The van der Waals surface area contributed by atoms with Crippen LogP contribution in [0, 0.1) is 11.8 Å². The fraction of sp³-hybridized carbons (Fsp3) is 0.720. The van der Waals surface area contributed by atoms with Crippen molar-refractivity contribution in [2.24, 2.45) is 11.8 Å². The second kappa shape index (κ2) is 18.3. The first-order valence-corrected chi connectivity index (χ1v) is 12.1. The minimum absolute atomic E-state index is 0.00245. The van der Waals surface area contributed by atoms with Gasteiger partial charge in [0.05, 0.1) is 0 Å². The number of hydrogen-bond donors (Lipinski definition) is 4. The molecule has 0 aliphatic carbocycles. The molecule has 3 atom stereocenters. The zero-order chi connectivity index (χ0) is 24.4. The van der Waals surface area contributed by atoms with Gasteiger partial charge in [-0.25, -0.2) is 4.79 Å². The Morgan fingerprint density at radius 1 is 0.875 bits per heavy atom. The molecule has 4 N–H and O–H groups in total. The Hall–Kier alpha value is -2.31. The molecule has 32 heavy (non-hydrogen) atoms. The van der Waals surface area contributed by atoms with Crippen LogP contribution in [0.15, 0.2) is 24.8 Å². The second-order valence-electron chi connectivity index (χ2n) is 8.69. The smallest absolute Gasteiger partial charge is 0.314 e. The van der Waals surface area contributed by atoms with E-state index in [1.807, 2.05) is 0 Å². The zero-order valence-corrected chi connectivity index (χ0v) is 20.7. The predicted molar refractivity (Wildman–Crippen MR) is 132 cm³/mol. The fourth-order valence-electron chi connectivity index (χ4n) is 3.58. The zero-order valence-electron chi connectivity index (χ0n) is 20.7. The Bertz CT molecular complexity index is 592. The van der Waals surface area contributed by atoms with Crippen LogP contribution in [0.5, 0.6) is 0 Å². The summed E-state index contributed by atoms with van der Waals surface area (Å²) < 4.78 is 0. The summed E-state index contributed by atoms with van der Waals surface area (Å²) in [5.74, 6) is 0.820. The van der Waals surface area contributed by atoms with E-state index in [1.54, 1.807) is 13.0 Å². The van der Waals surface area contributed by atoms with E-state index in [0.29, 0.717) is 37.9 Å². The fourth-order valence-corrected chi connectivity index (χ4v) is 3.58. The predicted octanol–water partition coefficient (Wildman–Crippen LogP) is 4.06. The Balaban J connectivity index is 3.82. The lowest BCUT2D eigenvalue weighted by atomic mass is 9.85. The molecular weight excluding hydrogens is 404 g/mol. The van der Waals surface area contributed by atoms with Gasteiger partial charge in [0.15, 0.2) is 0 Å². The van der Waals surface area contributed by atoms with Crippen molar-refractivity contribution >= 4 is 17.8 Å². The first kappa shape index (κ1) is 29.7. The molecular formula is C25H46N4O3. The molecule has 4 amide bonds. The Morgan fingerprint density at radius 2 is 1.50 bits per heavy atom. The molecule has 0 fully saturated rings. The van der Waals surface area contributed by atoms with Gasteiger partial charge >= 0.3 is 6.03 Å². The van der Waals surface area contributed by atoms with Gasteiger partial charge in [0.25, 0.3) is 0 Å². The van der Waals surface area contributed by atoms with Gasteiger partial charge in [-0.15, -0.1) is 0 Å². The lowest BCUT2D eigenvalue weighted by Crippen LogP contribution is -2.42. The number of unbranched alkanes of at least 4 members (excludes halogenated alkanes) is 2. The van der Waals surface area contributed by atoms with Crippen molar-refractivity contribution in [3.05, 3.63) is 24.8 Å². The van der Waals surface area contributed by atoms with Crippen LogP contribution in [-0.2, 0) is 9.59 Å². The van der Waals surface area contributed by atoms with E-state index in [2.05, 4.69) is 55.2 Å². The maximum absolute atomic E-state index is 12.0. The number of nitrogens with one attached hydrogen (secondary N) is 4. The van der Waals surface area contributed by atoms with Crippen LogP contribution in [0.25, 0.3) is 0 Å². The van der Waals surface area contributed by atoms with Crippen LogP contribution in [-0.4, -0.2) is 43.5 Å². The van der Waals surface area contributed by atoms with E-state index in [9.17, 15) is 14.4 Å². The van der Waals surface area contributed by atoms with Crippen LogP contribution >= 0.6 is 0 Å². The number of urea groups is 1. The number of amides is 4. The molecule has 0 aromatic carbocycles. The average Bonchev–Trinajstić information content (AvgIpc) is 2.76. The minimum Gasteiger partial charge on any atom is -0.354 e. The van der Waals surface area contributed by atoms with Gasteiger partial charge in [-0.3, -0.25) is 9.59 Å². The van der Waals surface area contributed by atoms with Crippen LogP contribution in [0.4, 0.5) is 4.79 Å². The summed E-state index contributed by atoms with van der Waals surface area (Å²) in [7, 11) is 0. The summed E-state index contributed by atoms with van der Waals surface area (Å²) in [6, 6.07) is -0.0408. The van der Waals surface area contributed by atoms with E-state index < -0.39 is 0 Å². The summed E-state index contributed by atoms with van der Waals surface area (Å²) in [6.45, 7) is 17.0. The van der Waals surface area contributed by atoms with E-state index in [-0.39, 0.29) is 23.9 Å². The monoisotopic (exact) mass is 450 g/mol. The molecule has 0 rings (SSSR count). The number of allylic oxidation sites excluding steroid dienone is 2. The largest absolute Gasteiger partial charge is 0.354 e. The number of rotatable bonds is 18. The van der Waals surface area contributed by atoms with Crippen molar-refractivity contribution in [2.45, 2.75) is 85.1 Å².